The van der Waals surface area contributed by atoms with Gasteiger partial charge < -0.3 is 14.8 Å². The first-order valence-electron chi connectivity index (χ1n) is 10.5. The van der Waals surface area contributed by atoms with Crippen molar-refractivity contribution in [1.29, 1.82) is 0 Å². The molecule has 1 aliphatic rings. The molecule has 4 rings (SSSR count). The summed E-state index contributed by atoms with van der Waals surface area (Å²) in [7, 11) is 1.55. The first-order chi connectivity index (χ1) is 15.1. The highest BCUT2D eigenvalue weighted by Gasteiger charge is 2.24. The fourth-order valence-electron chi connectivity index (χ4n) is 4.30. The van der Waals surface area contributed by atoms with Crippen LogP contribution in [0.5, 0.6) is 0 Å². The van der Waals surface area contributed by atoms with E-state index in [-0.39, 0.29) is 25.2 Å². The monoisotopic (exact) mass is 418 g/mol. The number of pyridine rings is 1. The second-order valence-corrected chi connectivity index (χ2v) is 7.80. The number of hydrogen-bond acceptors (Lipinski definition) is 5. The zero-order valence-electron chi connectivity index (χ0n) is 17.8. The first kappa shape index (κ1) is 21.0. The molecule has 1 N–H and O–H groups in total. The molecule has 1 unspecified atom stereocenters. The number of hydrogen-bond donors (Lipinski definition) is 1. The Balaban J connectivity index is 1.48. The molecule has 1 aromatic heterocycles. The Bertz CT molecular complexity index is 1130. The molecule has 3 aromatic rings. The predicted octanol–water partition coefficient (Wildman–Crippen LogP) is 4.04. The lowest BCUT2D eigenvalue weighted by molar-refractivity contribution is -0.125. The van der Waals surface area contributed by atoms with Crippen LogP contribution in [0.1, 0.15) is 51.6 Å². The number of amides is 1. The molecule has 1 heterocycles. The van der Waals surface area contributed by atoms with E-state index in [4.69, 9.17) is 9.47 Å². The van der Waals surface area contributed by atoms with Crippen LogP contribution in [-0.4, -0.2) is 30.6 Å². The van der Waals surface area contributed by atoms with E-state index >= 15 is 0 Å². The normalized spacial score (nSPS) is 15.4. The number of ether oxygens (including phenoxy) is 2. The lowest BCUT2D eigenvalue weighted by atomic mass is 9.88. The van der Waals surface area contributed by atoms with Gasteiger partial charge in [0.25, 0.3) is 5.91 Å². The van der Waals surface area contributed by atoms with E-state index in [0.717, 1.165) is 41.3 Å². The second kappa shape index (κ2) is 9.27. The molecule has 0 spiro atoms. The highest BCUT2D eigenvalue weighted by Crippen LogP contribution is 2.29. The van der Waals surface area contributed by atoms with Crippen molar-refractivity contribution in [2.45, 2.75) is 38.8 Å². The van der Waals surface area contributed by atoms with Crippen LogP contribution >= 0.6 is 0 Å². The number of esters is 1. The molecular formula is C25H26N2O4. The van der Waals surface area contributed by atoms with Gasteiger partial charge in [0, 0.05) is 12.5 Å². The molecule has 0 radical (unpaired) electrons. The summed E-state index contributed by atoms with van der Waals surface area (Å²) in [6, 6.07) is 15.7. The fraction of sp³-hybridized carbons (Fsp3) is 0.320. The van der Waals surface area contributed by atoms with Gasteiger partial charge in [-0.15, -0.1) is 0 Å². The Morgan fingerprint density at radius 1 is 1.13 bits per heavy atom. The minimum absolute atomic E-state index is 0.0516. The number of benzene rings is 2. The number of aryl methyl sites for hydroxylation is 2. The molecule has 0 fully saturated rings. The average Bonchev–Trinajstić information content (AvgIpc) is 2.78. The lowest BCUT2D eigenvalue weighted by Gasteiger charge is -2.26. The minimum atomic E-state index is -0.568. The van der Waals surface area contributed by atoms with Crippen LogP contribution in [0, 0.1) is 6.92 Å². The Morgan fingerprint density at radius 3 is 2.74 bits per heavy atom. The van der Waals surface area contributed by atoms with E-state index in [1.165, 1.54) is 5.56 Å². The number of para-hydroxylation sites is 1. The standard InChI is InChI=1S/C25H26N2O4/c1-16-18-10-5-6-12-20(18)26-22(14-30-2)24(16)25(29)31-15-23(28)27-21-13-7-9-17-8-3-4-11-19(17)21/h3-6,8,10-12,21H,7,9,13-15H2,1-2H3,(H,27,28). The van der Waals surface area contributed by atoms with Gasteiger partial charge in [0.1, 0.15) is 0 Å². The third-order valence-corrected chi connectivity index (χ3v) is 5.75. The van der Waals surface area contributed by atoms with Crippen molar-refractivity contribution in [1.82, 2.24) is 10.3 Å². The quantitative estimate of drug-likeness (QED) is 0.612. The van der Waals surface area contributed by atoms with Crippen molar-refractivity contribution in [3.8, 4) is 0 Å². The smallest absolute Gasteiger partial charge is 0.340 e. The van der Waals surface area contributed by atoms with Crippen LogP contribution < -0.4 is 5.32 Å². The summed E-state index contributed by atoms with van der Waals surface area (Å²) in [5, 5.41) is 3.88. The number of carbonyl (C=O) groups excluding carboxylic acids is 2. The third kappa shape index (κ3) is 4.44. The molecule has 160 valence electrons. The maximum Gasteiger partial charge on any atom is 0.340 e. The lowest BCUT2D eigenvalue weighted by Crippen LogP contribution is -2.34. The number of nitrogens with one attached hydrogen (secondary N) is 1. The number of carbonyl (C=O) groups is 2. The van der Waals surface area contributed by atoms with Crippen LogP contribution in [0.2, 0.25) is 0 Å². The van der Waals surface area contributed by atoms with E-state index < -0.39 is 5.97 Å². The number of aromatic nitrogens is 1. The molecule has 2 aromatic carbocycles. The van der Waals surface area contributed by atoms with Gasteiger partial charge in [0.2, 0.25) is 0 Å². The van der Waals surface area contributed by atoms with E-state index in [1.54, 1.807) is 7.11 Å². The minimum Gasteiger partial charge on any atom is -0.452 e. The van der Waals surface area contributed by atoms with Crippen LogP contribution in [0.4, 0.5) is 0 Å². The van der Waals surface area contributed by atoms with Crippen molar-refractivity contribution in [2.24, 2.45) is 0 Å². The summed E-state index contributed by atoms with van der Waals surface area (Å²) < 4.78 is 10.6. The molecule has 6 heteroatoms. The largest absolute Gasteiger partial charge is 0.452 e. The Morgan fingerprint density at radius 2 is 1.90 bits per heavy atom. The predicted molar refractivity (Wildman–Crippen MR) is 118 cm³/mol. The summed E-state index contributed by atoms with van der Waals surface area (Å²) in [4.78, 5) is 30.0. The third-order valence-electron chi connectivity index (χ3n) is 5.75. The molecular weight excluding hydrogens is 392 g/mol. The van der Waals surface area contributed by atoms with E-state index in [0.29, 0.717) is 11.3 Å². The number of rotatable bonds is 6. The summed E-state index contributed by atoms with van der Waals surface area (Å²) in [5.74, 6) is -0.878. The van der Waals surface area contributed by atoms with Crippen molar-refractivity contribution >= 4 is 22.8 Å². The molecule has 6 nitrogen and oxygen atoms in total. The number of methoxy groups -OCH3 is 1. The molecule has 1 atom stereocenters. The van der Waals surface area contributed by atoms with E-state index in [9.17, 15) is 9.59 Å². The van der Waals surface area contributed by atoms with Crippen molar-refractivity contribution < 1.29 is 19.1 Å². The topological polar surface area (TPSA) is 77.5 Å². The summed E-state index contributed by atoms with van der Waals surface area (Å²) in [6.45, 7) is 1.70. The molecule has 0 saturated carbocycles. The number of nitrogens with zero attached hydrogens (tertiary/aromatic N) is 1. The van der Waals surface area contributed by atoms with Gasteiger partial charge >= 0.3 is 5.97 Å². The van der Waals surface area contributed by atoms with Gasteiger partial charge in [-0.05, 0) is 48.9 Å². The maximum atomic E-state index is 12.9. The molecule has 0 bridgehead atoms. The zero-order chi connectivity index (χ0) is 21.8. The SMILES string of the molecule is COCc1nc2ccccc2c(C)c1C(=O)OCC(=O)NC1CCCc2ccccc21. The van der Waals surface area contributed by atoms with Gasteiger partial charge in [-0.3, -0.25) is 4.79 Å². The van der Waals surface area contributed by atoms with Crippen LogP contribution in [0.3, 0.4) is 0 Å². The maximum absolute atomic E-state index is 12.9. The molecule has 31 heavy (non-hydrogen) atoms. The summed E-state index contributed by atoms with van der Waals surface area (Å²) >= 11 is 0. The van der Waals surface area contributed by atoms with Crippen LogP contribution in [0.15, 0.2) is 48.5 Å². The van der Waals surface area contributed by atoms with E-state index in [2.05, 4.69) is 16.4 Å². The Kier molecular flexibility index (Phi) is 6.28. The van der Waals surface area contributed by atoms with Gasteiger partial charge in [-0.2, -0.15) is 0 Å². The molecule has 0 saturated heterocycles. The van der Waals surface area contributed by atoms with E-state index in [1.807, 2.05) is 49.4 Å². The number of fused-ring (bicyclic) bond motifs is 2. The molecule has 0 aliphatic heterocycles. The summed E-state index contributed by atoms with van der Waals surface area (Å²) in [5.41, 5.74) is 4.83. The second-order valence-electron chi connectivity index (χ2n) is 7.80. The van der Waals surface area contributed by atoms with Crippen molar-refractivity contribution in [2.75, 3.05) is 13.7 Å². The van der Waals surface area contributed by atoms with Crippen molar-refractivity contribution in [3.63, 3.8) is 0 Å². The molecule has 1 aliphatic carbocycles. The van der Waals surface area contributed by atoms with Gasteiger partial charge in [0.15, 0.2) is 6.61 Å². The van der Waals surface area contributed by atoms with Gasteiger partial charge in [-0.25, -0.2) is 9.78 Å². The summed E-state index contributed by atoms with van der Waals surface area (Å²) in [6.07, 6.45) is 2.92. The highest BCUT2D eigenvalue weighted by molar-refractivity contribution is 5.99. The average molecular weight is 418 g/mol. The Hall–Kier alpha value is -3.25. The highest BCUT2D eigenvalue weighted by atomic mass is 16.5. The van der Waals surface area contributed by atoms with Gasteiger partial charge in [-0.1, -0.05) is 42.5 Å². The zero-order valence-corrected chi connectivity index (χ0v) is 17.8. The van der Waals surface area contributed by atoms with Gasteiger partial charge in [0.05, 0.1) is 29.4 Å². The Labute approximate surface area is 181 Å². The fourth-order valence-corrected chi connectivity index (χ4v) is 4.30. The first-order valence-corrected chi connectivity index (χ1v) is 10.5. The van der Waals surface area contributed by atoms with Crippen molar-refractivity contribution in [3.05, 3.63) is 76.5 Å². The van der Waals surface area contributed by atoms with Crippen LogP contribution in [-0.2, 0) is 27.3 Å². The molecule has 1 amide bonds. The van der Waals surface area contributed by atoms with Crippen LogP contribution in [0.25, 0.3) is 10.9 Å².